The summed E-state index contributed by atoms with van der Waals surface area (Å²) in [5, 5.41) is 11.2. The molecule has 8 heteroatoms. The molecule has 1 aliphatic rings. The van der Waals surface area contributed by atoms with Crippen molar-refractivity contribution in [1.82, 2.24) is 9.97 Å². The molecule has 0 fully saturated rings. The van der Waals surface area contributed by atoms with Crippen molar-refractivity contribution < 1.29 is 23.1 Å². The van der Waals surface area contributed by atoms with Gasteiger partial charge in [-0.3, -0.25) is 4.79 Å². The summed E-state index contributed by atoms with van der Waals surface area (Å²) >= 11 is 1.26. The molecule has 0 radical (unpaired) electrons. The molecule has 0 bridgehead atoms. The molecule has 0 saturated heterocycles. The fourth-order valence-electron chi connectivity index (χ4n) is 4.31. The zero-order valence-electron chi connectivity index (χ0n) is 21.3. The lowest BCUT2D eigenvalue weighted by Crippen LogP contribution is -2.25. The van der Waals surface area contributed by atoms with Crippen molar-refractivity contribution in [3.63, 3.8) is 0 Å². The Morgan fingerprint density at radius 3 is 2.09 bits per heavy atom. The summed E-state index contributed by atoms with van der Waals surface area (Å²) in [6.07, 6.45) is -0.624. The first kappa shape index (κ1) is 28.9. The highest BCUT2D eigenvalue weighted by molar-refractivity contribution is 7.99. The van der Waals surface area contributed by atoms with E-state index in [2.05, 4.69) is 22.1 Å². The van der Waals surface area contributed by atoms with E-state index < -0.39 is 11.7 Å². The summed E-state index contributed by atoms with van der Waals surface area (Å²) in [4.78, 5) is 20.8. The Kier molecular flexibility index (Phi) is 10.4. The zero-order chi connectivity index (χ0) is 26.3. The Labute approximate surface area is 210 Å². The van der Waals surface area contributed by atoms with Gasteiger partial charge in [0.1, 0.15) is 5.76 Å². The first-order valence-corrected chi connectivity index (χ1v) is 13.1. The number of aliphatic hydroxyl groups excluding tert-OH is 1. The van der Waals surface area contributed by atoms with E-state index in [0.717, 1.165) is 47.5 Å². The highest BCUT2D eigenvalue weighted by Gasteiger charge is 2.34. The van der Waals surface area contributed by atoms with Gasteiger partial charge in [0.2, 0.25) is 0 Å². The van der Waals surface area contributed by atoms with Gasteiger partial charge in [-0.05, 0) is 48.3 Å². The van der Waals surface area contributed by atoms with Gasteiger partial charge in [0.05, 0.1) is 11.1 Å². The lowest BCUT2D eigenvalue weighted by Gasteiger charge is -2.29. The Morgan fingerprint density at radius 1 is 1.09 bits per heavy atom. The van der Waals surface area contributed by atoms with Gasteiger partial charge in [0.15, 0.2) is 10.9 Å². The number of hydrogen-bond donors (Lipinski definition) is 1. The maximum absolute atomic E-state index is 13.2. The van der Waals surface area contributed by atoms with Crippen LogP contribution in [0.2, 0.25) is 0 Å². The summed E-state index contributed by atoms with van der Waals surface area (Å²) in [7, 11) is 0. The van der Waals surface area contributed by atoms with Crippen molar-refractivity contribution in [2.45, 2.75) is 78.6 Å². The lowest BCUT2D eigenvalue weighted by atomic mass is 9.76. The van der Waals surface area contributed by atoms with Gasteiger partial charge >= 0.3 is 6.18 Å². The van der Waals surface area contributed by atoms with Crippen LogP contribution in [0.25, 0.3) is 5.57 Å². The number of halogens is 3. The normalized spacial score (nSPS) is 17.2. The van der Waals surface area contributed by atoms with Crippen LogP contribution in [0, 0.1) is 18.8 Å². The van der Waals surface area contributed by atoms with Gasteiger partial charge in [0.25, 0.3) is 0 Å². The number of aryl methyl sites for hydroxylation is 3. The van der Waals surface area contributed by atoms with E-state index in [0.29, 0.717) is 24.2 Å². The second kappa shape index (κ2) is 12.6. The second-order valence-corrected chi connectivity index (χ2v) is 9.61. The molecule has 0 aliphatic heterocycles. The Balaban J connectivity index is 0.00000210. The highest BCUT2D eigenvalue weighted by atomic mass is 32.2. The number of Topliss-reactive ketones (excluding diaryl/α,β-unsaturated/α-hetero) is 1. The number of ketones is 1. The third kappa shape index (κ3) is 7.09. The first-order chi connectivity index (χ1) is 16.5. The van der Waals surface area contributed by atoms with Gasteiger partial charge in [-0.15, -0.1) is 0 Å². The Morgan fingerprint density at radius 2 is 1.63 bits per heavy atom. The number of thioether (sulfide) groups is 1. The number of alkyl halides is 3. The van der Waals surface area contributed by atoms with E-state index in [-0.39, 0.29) is 28.5 Å². The molecule has 1 aliphatic carbocycles. The van der Waals surface area contributed by atoms with Crippen LogP contribution in [0.3, 0.4) is 0 Å². The molecular weight excluding hydrogens is 473 g/mol. The summed E-state index contributed by atoms with van der Waals surface area (Å²) in [5.41, 5.74) is 3.74. The summed E-state index contributed by atoms with van der Waals surface area (Å²) in [6.45, 7) is 12.1. The number of carbonyl (C=O) groups excluding carboxylic acids is 1. The molecular formula is C27H35F3N2O2S. The quantitative estimate of drug-likeness (QED) is 0.308. The largest absolute Gasteiger partial charge is 0.512 e. The number of rotatable bonds is 7. The molecule has 0 saturated carbocycles. The van der Waals surface area contributed by atoms with Crippen LogP contribution in [0.5, 0.6) is 0 Å². The molecule has 1 heterocycles. The first-order valence-electron chi connectivity index (χ1n) is 12.1. The molecule has 3 rings (SSSR count). The monoisotopic (exact) mass is 508 g/mol. The third-order valence-electron chi connectivity index (χ3n) is 6.16. The molecule has 1 aromatic carbocycles. The number of nitrogens with zero attached hydrogens (tertiary/aromatic N) is 2. The van der Waals surface area contributed by atoms with Gasteiger partial charge in [0, 0.05) is 31.0 Å². The van der Waals surface area contributed by atoms with Gasteiger partial charge < -0.3 is 5.11 Å². The summed E-state index contributed by atoms with van der Waals surface area (Å²) < 4.78 is 38.0. The molecule has 1 aromatic heterocycles. The predicted molar refractivity (Wildman–Crippen MR) is 135 cm³/mol. The van der Waals surface area contributed by atoms with Crippen LogP contribution >= 0.6 is 11.8 Å². The van der Waals surface area contributed by atoms with Crippen LogP contribution in [0.1, 0.15) is 75.3 Å². The molecule has 192 valence electrons. The van der Waals surface area contributed by atoms with Crippen LogP contribution in [-0.2, 0) is 23.8 Å². The summed E-state index contributed by atoms with van der Waals surface area (Å²) in [6, 6.07) is 4.16. The van der Waals surface area contributed by atoms with Crippen molar-refractivity contribution in [3.05, 3.63) is 58.1 Å². The van der Waals surface area contributed by atoms with Gasteiger partial charge in [-0.2, -0.15) is 13.2 Å². The molecule has 2 unspecified atom stereocenters. The fourth-order valence-corrected chi connectivity index (χ4v) is 5.25. The molecule has 2 atom stereocenters. The molecule has 0 spiro atoms. The number of aromatic nitrogens is 2. The standard InChI is InChI=1S/C25H29F3N2O2S.C2H6/c1-5-16-7-14(3)8-17(6-2)22(16)23-20(31)9-18(10-21(23)32)15(4)13-33-24-29-11-19(12-30-24)25(26,27)28;1-2/h7-8,11-12,15,18,31H,5-6,9-10,13H2,1-4H3;1-2H3. The van der Waals surface area contributed by atoms with Crippen LogP contribution < -0.4 is 0 Å². The van der Waals surface area contributed by atoms with E-state index in [1.54, 1.807) is 0 Å². The smallest absolute Gasteiger partial charge is 0.419 e. The number of allylic oxidation sites excluding steroid dienone is 2. The van der Waals surface area contributed by atoms with E-state index in [1.807, 2.05) is 41.5 Å². The lowest BCUT2D eigenvalue weighted by molar-refractivity contribution is -0.138. The minimum Gasteiger partial charge on any atom is -0.512 e. The Bertz CT molecular complexity index is 1020. The van der Waals surface area contributed by atoms with Crippen LogP contribution in [0.4, 0.5) is 13.2 Å². The molecule has 35 heavy (non-hydrogen) atoms. The number of benzene rings is 1. The Hall–Kier alpha value is -2.35. The highest BCUT2D eigenvalue weighted by Crippen LogP contribution is 2.39. The van der Waals surface area contributed by atoms with E-state index >= 15 is 0 Å². The molecule has 2 aromatic rings. The van der Waals surface area contributed by atoms with Crippen LogP contribution in [-0.4, -0.2) is 26.6 Å². The van der Waals surface area contributed by atoms with E-state index in [1.165, 1.54) is 11.8 Å². The maximum atomic E-state index is 13.2. The fraction of sp³-hybridized carbons (Fsp3) is 0.519. The minimum atomic E-state index is -4.47. The molecule has 0 amide bonds. The van der Waals surface area contributed by atoms with Gasteiger partial charge in [-0.1, -0.05) is 64.1 Å². The van der Waals surface area contributed by atoms with Gasteiger partial charge in [-0.25, -0.2) is 9.97 Å². The molecule has 1 N–H and O–H groups in total. The van der Waals surface area contributed by atoms with Crippen molar-refractivity contribution >= 4 is 23.1 Å². The van der Waals surface area contributed by atoms with Crippen molar-refractivity contribution in [2.24, 2.45) is 11.8 Å². The van der Waals surface area contributed by atoms with Crippen LogP contribution in [0.15, 0.2) is 35.4 Å². The van der Waals surface area contributed by atoms with Crippen molar-refractivity contribution in [2.75, 3.05) is 5.75 Å². The number of aliphatic hydroxyl groups is 1. The zero-order valence-corrected chi connectivity index (χ0v) is 22.1. The maximum Gasteiger partial charge on any atom is 0.419 e. The number of hydrogen-bond acceptors (Lipinski definition) is 5. The third-order valence-corrected chi connectivity index (χ3v) is 7.33. The average Bonchev–Trinajstić information content (AvgIpc) is 2.83. The predicted octanol–water partition coefficient (Wildman–Crippen LogP) is 7.63. The van der Waals surface area contributed by atoms with E-state index in [4.69, 9.17) is 0 Å². The average molecular weight is 509 g/mol. The van der Waals surface area contributed by atoms with Crippen molar-refractivity contribution in [1.29, 1.82) is 0 Å². The second-order valence-electron chi connectivity index (χ2n) is 8.62. The summed E-state index contributed by atoms with van der Waals surface area (Å²) in [5.74, 6) is 0.607. The topological polar surface area (TPSA) is 63.1 Å². The molecule has 4 nitrogen and oxygen atoms in total. The van der Waals surface area contributed by atoms with E-state index in [9.17, 15) is 23.1 Å². The minimum absolute atomic E-state index is 0.0443. The SMILES string of the molecule is CC.CCc1cc(C)cc(CC)c1C1=C(O)CC(C(C)CSc2ncc(C(F)(F)F)cn2)CC1=O. The number of carbonyl (C=O) groups is 1. The van der Waals surface area contributed by atoms with Crippen molar-refractivity contribution in [3.8, 4) is 0 Å².